The maximum absolute atomic E-state index is 6.22. The summed E-state index contributed by atoms with van der Waals surface area (Å²) in [4.78, 5) is 0. The normalized spacial score (nSPS) is 11.4. The summed E-state index contributed by atoms with van der Waals surface area (Å²) in [5, 5.41) is 0. The van der Waals surface area contributed by atoms with E-state index in [0.717, 1.165) is 56.8 Å². The Hall–Kier alpha value is -1.18. The molecule has 0 saturated carbocycles. The number of hydrogen-bond donors (Lipinski definition) is 0. The highest BCUT2D eigenvalue weighted by atomic mass is 16.5. The first-order valence-electron chi connectivity index (χ1n) is 21.0. The molecule has 2 nitrogen and oxygen atoms in total. The zero-order valence-corrected chi connectivity index (χ0v) is 31.5. The molecule has 2 heteroatoms. The highest BCUT2D eigenvalue weighted by molar-refractivity contribution is 5.38. The van der Waals surface area contributed by atoms with Gasteiger partial charge >= 0.3 is 0 Å². The smallest absolute Gasteiger partial charge is 0.123 e. The fraction of sp³-hybridized carbons (Fsp3) is 0.841. The third-order valence-corrected chi connectivity index (χ3v) is 9.69. The van der Waals surface area contributed by atoms with E-state index >= 15 is 0 Å². The van der Waals surface area contributed by atoms with E-state index in [0.29, 0.717) is 0 Å². The lowest BCUT2D eigenvalue weighted by molar-refractivity contribution is 0.289. The van der Waals surface area contributed by atoms with Crippen molar-refractivity contribution in [2.45, 2.75) is 226 Å². The summed E-state index contributed by atoms with van der Waals surface area (Å²) in [6, 6.07) is 6.56. The van der Waals surface area contributed by atoms with Gasteiger partial charge in [-0.25, -0.2) is 0 Å². The van der Waals surface area contributed by atoms with Crippen LogP contribution in [0.25, 0.3) is 0 Å². The van der Waals surface area contributed by atoms with Crippen LogP contribution in [0.5, 0.6) is 11.5 Å². The maximum atomic E-state index is 6.22. The van der Waals surface area contributed by atoms with E-state index in [4.69, 9.17) is 9.47 Å². The van der Waals surface area contributed by atoms with Crippen LogP contribution in [-0.4, -0.2) is 13.2 Å². The highest BCUT2D eigenvalue weighted by Crippen LogP contribution is 2.25. The molecule has 0 amide bonds. The summed E-state index contributed by atoms with van der Waals surface area (Å²) in [6.45, 7) is 10.3. The minimum Gasteiger partial charge on any atom is -0.493 e. The van der Waals surface area contributed by atoms with Gasteiger partial charge in [0.25, 0.3) is 0 Å². The highest BCUT2D eigenvalue weighted by Gasteiger charge is 2.05. The Bertz CT molecular complexity index is 674. The minimum absolute atomic E-state index is 0.815. The van der Waals surface area contributed by atoms with E-state index in [1.54, 1.807) is 0 Å². The zero-order valence-electron chi connectivity index (χ0n) is 31.5. The fourth-order valence-electron chi connectivity index (χ4n) is 6.60. The largest absolute Gasteiger partial charge is 0.493 e. The molecule has 0 heterocycles. The summed E-state index contributed by atoms with van der Waals surface area (Å²) in [6.07, 6.45) is 44.9. The van der Waals surface area contributed by atoms with Crippen LogP contribution in [0, 0.1) is 6.92 Å². The average Bonchev–Trinajstić information content (AvgIpc) is 3.07. The molecule has 0 aromatic heterocycles. The van der Waals surface area contributed by atoms with Gasteiger partial charge in [0.2, 0.25) is 0 Å². The number of hydrogen-bond acceptors (Lipinski definition) is 2. The molecule has 0 unspecified atom stereocenters. The second-order valence-corrected chi connectivity index (χ2v) is 14.4. The van der Waals surface area contributed by atoms with Crippen molar-refractivity contribution in [3.63, 3.8) is 0 Å². The van der Waals surface area contributed by atoms with Gasteiger partial charge in [0, 0.05) is 6.07 Å². The predicted molar refractivity (Wildman–Crippen MR) is 206 cm³/mol. The standard InChI is InChI=1S/C44H81O2/c1-4-7-10-12-14-16-18-20-22-24-26-28-30-32-34-37-45-43-39-42(36-9-6-3)40-44(41-43)46-38-35-33-31-29-27-25-23-21-19-17-15-13-11-8-5-2/h39-41H,3-38H2,1-2H3. The van der Waals surface area contributed by atoms with Gasteiger partial charge in [-0.2, -0.15) is 0 Å². The molecule has 0 aliphatic rings. The molecule has 0 saturated heterocycles. The van der Waals surface area contributed by atoms with Gasteiger partial charge in [-0.3, -0.25) is 0 Å². The molecular formula is C44H81O2. The van der Waals surface area contributed by atoms with Gasteiger partial charge in [0.1, 0.15) is 11.5 Å². The summed E-state index contributed by atoms with van der Waals surface area (Å²) in [7, 11) is 0. The fourth-order valence-corrected chi connectivity index (χ4v) is 6.60. The number of ether oxygens (including phenoxy) is 2. The molecule has 0 N–H and O–H groups in total. The Balaban J connectivity index is 2.06. The van der Waals surface area contributed by atoms with Gasteiger partial charge < -0.3 is 9.47 Å². The van der Waals surface area contributed by atoms with Crippen LogP contribution >= 0.6 is 0 Å². The number of benzene rings is 1. The molecule has 0 aliphatic carbocycles. The average molecular weight is 642 g/mol. The Kier molecular flexibility index (Phi) is 32.7. The van der Waals surface area contributed by atoms with Crippen LogP contribution in [-0.2, 0) is 6.42 Å². The van der Waals surface area contributed by atoms with Gasteiger partial charge in [0.05, 0.1) is 13.2 Å². The van der Waals surface area contributed by atoms with Crippen molar-refractivity contribution in [3.05, 3.63) is 30.7 Å². The van der Waals surface area contributed by atoms with Crippen LogP contribution in [0.1, 0.15) is 225 Å². The quantitative estimate of drug-likeness (QED) is 0.0673. The Labute approximate surface area is 290 Å². The van der Waals surface area contributed by atoms with Crippen LogP contribution in [0.15, 0.2) is 18.2 Å². The zero-order chi connectivity index (χ0) is 33.0. The van der Waals surface area contributed by atoms with E-state index in [1.165, 1.54) is 185 Å². The van der Waals surface area contributed by atoms with Gasteiger partial charge in [0.15, 0.2) is 0 Å². The van der Waals surface area contributed by atoms with Crippen molar-refractivity contribution in [2.24, 2.45) is 0 Å². The molecule has 1 aromatic rings. The first kappa shape index (κ1) is 42.8. The summed E-state index contributed by atoms with van der Waals surface area (Å²) in [5.41, 5.74) is 1.32. The summed E-state index contributed by atoms with van der Waals surface area (Å²) in [5.74, 6) is 1.97. The number of rotatable bonds is 37. The molecule has 1 aromatic carbocycles. The first-order chi connectivity index (χ1) is 22.8. The lowest BCUT2D eigenvalue weighted by Gasteiger charge is -2.13. The molecule has 46 heavy (non-hydrogen) atoms. The molecule has 1 radical (unpaired) electrons. The predicted octanol–water partition coefficient (Wildman–Crippen LogP) is 15.3. The van der Waals surface area contributed by atoms with Crippen LogP contribution in [0.2, 0.25) is 0 Å². The molecule has 1 rings (SSSR count). The topological polar surface area (TPSA) is 18.5 Å². The Morgan fingerprint density at radius 3 is 0.935 bits per heavy atom. The minimum atomic E-state index is 0.815. The van der Waals surface area contributed by atoms with E-state index in [9.17, 15) is 0 Å². The molecule has 0 bridgehead atoms. The van der Waals surface area contributed by atoms with Crippen molar-refractivity contribution in [1.29, 1.82) is 0 Å². The van der Waals surface area contributed by atoms with E-state index < -0.39 is 0 Å². The molecule has 0 aliphatic heterocycles. The summed E-state index contributed by atoms with van der Waals surface area (Å²) < 4.78 is 12.4. The Morgan fingerprint density at radius 1 is 0.370 bits per heavy atom. The van der Waals surface area contributed by atoms with Gasteiger partial charge in [-0.1, -0.05) is 207 Å². The van der Waals surface area contributed by atoms with E-state index in [1.807, 2.05) is 0 Å². The van der Waals surface area contributed by atoms with Crippen molar-refractivity contribution in [2.75, 3.05) is 13.2 Å². The van der Waals surface area contributed by atoms with Crippen molar-refractivity contribution in [3.8, 4) is 11.5 Å². The maximum Gasteiger partial charge on any atom is 0.123 e. The summed E-state index contributed by atoms with van der Waals surface area (Å²) >= 11 is 0. The molecule has 0 atom stereocenters. The van der Waals surface area contributed by atoms with Crippen LogP contribution < -0.4 is 9.47 Å². The van der Waals surface area contributed by atoms with Gasteiger partial charge in [-0.15, -0.1) is 0 Å². The third-order valence-electron chi connectivity index (χ3n) is 9.69. The van der Waals surface area contributed by atoms with Crippen molar-refractivity contribution in [1.82, 2.24) is 0 Å². The van der Waals surface area contributed by atoms with E-state index in [-0.39, 0.29) is 0 Å². The molecule has 0 fully saturated rings. The second-order valence-electron chi connectivity index (χ2n) is 14.4. The van der Waals surface area contributed by atoms with Gasteiger partial charge in [-0.05, 0) is 43.4 Å². The molecule has 269 valence electrons. The Morgan fingerprint density at radius 2 is 0.652 bits per heavy atom. The molecular weight excluding hydrogens is 560 g/mol. The third kappa shape index (κ3) is 29.0. The molecule has 0 spiro atoms. The van der Waals surface area contributed by atoms with Crippen LogP contribution in [0.3, 0.4) is 0 Å². The van der Waals surface area contributed by atoms with E-state index in [2.05, 4.69) is 39.0 Å². The van der Waals surface area contributed by atoms with Crippen molar-refractivity contribution < 1.29 is 9.47 Å². The number of aryl methyl sites for hydroxylation is 1. The SMILES string of the molecule is [CH2]CCCc1cc(OCCCCCCCCCCCCCCCCC)cc(OCCCCCCCCCCCCCCCCC)c1. The second kappa shape index (κ2) is 35.1. The van der Waals surface area contributed by atoms with Crippen molar-refractivity contribution >= 4 is 0 Å². The monoisotopic (exact) mass is 642 g/mol. The lowest BCUT2D eigenvalue weighted by Crippen LogP contribution is -2.01. The first-order valence-corrected chi connectivity index (χ1v) is 21.0. The van der Waals surface area contributed by atoms with Crippen LogP contribution in [0.4, 0.5) is 0 Å². The number of unbranched alkanes of at least 4 members (excludes halogenated alkanes) is 29. The lowest BCUT2D eigenvalue weighted by atomic mass is 10.0.